The van der Waals surface area contributed by atoms with Gasteiger partial charge in [-0.05, 0) is 51.1 Å². The normalized spacial score (nSPS) is 19.1. The molecule has 29 heavy (non-hydrogen) atoms. The number of alkyl carbamates (subject to hydrolysis) is 1. The first kappa shape index (κ1) is 22.4. The molecule has 0 radical (unpaired) electrons. The highest BCUT2D eigenvalue weighted by Crippen LogP contribution is 2.23. The van der Waals surface area contributed by atoms with Crippen molar-refractivity contribution >= 4 is 12.2 Å². The predicted molar refractivity (Wildman–Crippen MR) is 108 cm³/mol. The Morgan fingerprint density at radius 1 is 1.31 bits per heavy atom. The molecule has 2 atom stereocenters. The SMILES string of the molecule is CC(C)(C)OC(=O)NC1CCCN(C(=O)OCc2ccccc2)C1CCN=[N+]=[N-]. The van der Waals surface area contributed by atoms with Crippen molar-refractivity contribution in [1.82, 2.24) is 10.2 Å². The molecular weight excluding hydrogens is 374 g/mol. The Balaban J connectivity index is 2.05. The van der Waals surface area contributed by atoms with Crippen LogP contribution < -0.4 is 5.32 Å². The molecule has 0 aliphatic carbocycles. The Kier molecular flexibility index (Phi) is 8.15. The lowest BCUT2D eigenvalue weighted by atomic mass is 9.94. The molecule has 9 heteroatoms. The van der Waals surface area contributed by atoms with Gasteiger partial charge in [-0.15, -0.1) is 0 Å². The number of azide groups is 1. The minimum atomic E-state index is -0.617. The molecule has 1 saturated heterocycles. The van der Waals surface area contributed by atoms with Crippen LogP contribution in [0.25, 0.3) is 10.4 Å². The highest BCUT2D eigenvalue weighted by Gasteiger charge is 2.36. The fourth-order valence-corrected chi connectivity index (χ4v) is 3.30. The van der Waals surface area contributed by atoms with Gasteiger partial charge >= 0.3 is 12.2 Å². The number of carbonyl (C=O) groups is 2. The summed E-state index contributed by atoms with van der Waals surface area (Å²) < 4.78 is 10.8. The van der Waals surface area contributed by atoms with Gasteiger partial charge in [-0.2, -0.15) is 0 Å². The summed E-state index contributed by atoms with van der Waals surface area (Å²) in [6.07, 6.45) is 0.859. The van der Waals surface area contributed by atoms with Crippen molar-refractivity contribution in [3.05, 3.63) is 46.3 Å². The molecular formula is C20H29N5O4. The third-order valence-electron chi connectivity index (χ3n) is 4.51. The Morgan fingerprint density at radius 2 is 2.03 bits per heavy atom. The van der Waals surface area contributed by atoms with Crippen LogP contribution in [0, 0.1) is 0 Å². The van der Waals surface area contributed by atoms with Crippen LogP contribution in [0.15, 0.2) is 35.4 Å². The molecule has 0 saturated carbocycles. The zero-order valence-electron chi connectivity index (χ0n) is 17.2. The average Bonchev–Trinajstić information content (AvgIpc) is 2.66. The molecule has 158 valence electrons. The molecule has 1 aromatic rings. The third-order valence-corrected chi connectivity index (χ3v) is 4.51. The van der Waals surface area contributed by atoms with Gasteiger partial charge in [0.05, 0.1) is 12.1 Å². The molecule has 2 rings (SSSR count). The summed E-state index contributed by atoms with van der Waals surface area (Å²) in [5, 5.41) is 6.45. The zero-order valence-corrected chi connectivity index (χ0v) is 17.2. The summed E-state index contributed by atoms with van der Waals surface area (Å²) in [5.41, 5.74) is 8.86. The van der Waals surface area contributed by atoms with Crippen molar-refractivity contribution in [2.24, 2.45) is 5.11 Å². The van der Waals surface area contributed by atoms with Gasteiger partial charge in [0.2, 0.25) is 0 Å². The van der Waals surface area contributed by atoms with Crippen molar-refractivity contribution in [2.75, 3.05) is 13.1 Å². The van der Waals surface area contributed by atoms with Crippen LogP contribution >= 0.6 is 0 Å². The maximum Gasteiger partial charge on any atom is 0.410 e. The van der Waals surface area contributed by atoms with Gasteiger partial charge in [0.1, 0.15) is 12.2 Å². The van der Waals surface area contributed by atoms with Gasteiger partial charge in [0.15, 0.2) is 0 Å². The average molecular weight is 403 g/mol. The monoisotopic (exact) mass is 403 g/mol. The minimum absolute atomic E-state index is 0.170. The number of carbonyl (C=O) groups excluding carboxylic acids is 2. The lowest BCUT2D eigenvalue weighted by Crippen LogP contribution is -2.57. The van der Waals surface area contributed by atoms with Gasteiger partial charge in [-0.25, -0.2) is 9.59 Å². The summed E-state index contributed by atoms with van der Waals surface area (Å²) in [5.74, 6) is 0. The highest BCUT2D eigenvalue weighted by molar-refractivity contribution is 5.70. The fraction of sp³-hybridized carbons (Fsp3) is 0.600. The first-order valence-corrected chi connectivity index (χ1v) is 9.78. The van der Waals surface area contributed by atoms with Crippen molar-refractivity contribution in [2.45, 2.75) is 64.3 Å². The molecule has 9 nitrogen and oxygen atoms in total. The first-order chi connectivity index (χ1) is 13.8. The van der Waals surface area contributed by atoms with E-state index in [0.29, 0.717) is 19.4 Å². The number of amides is 2. The Labute approximate surface area is 171 Å². The molecule has 1 fully saturated rings. The maximum atomic E-state index is 12.7. The van der Waals surface area contributed by atoms with Crippen molar-refractivity contribution < 1.29 is 19.1 Å². The van der Waals surface area contributed by atoms with Crippen LogP contribution in [0.4, 0.5) is 9.59 Å². The number of nitrogens with one attached hydrogen (secondary N) is 1. The first-order valence-electron chi connectivity index (χ1n) is 9.78. The lowest BCUT2D eigenvalue weighted by molar-refractivity contribution is 0.0338. The molecule has 1 aliphatic heterocycles. The molecule has 1 heterocycles. The standard InChI is InChI=1S/C20H29N5O4/c1-20(2,3)29-18(26)23-16-10-7-13-25(17(16)11-12-22-24-21)19(27)28-14-15-8-5-4-6-9-15/h4-6,8-9,16-17H,7,10-14H2,1-3H3,(H,23,26). The molecule has 0 spiro atoms. The Morgan fingerprint density at radius 3 is 2.69 bits per heavy atom. The molecule has 1 N–H and O–H groups in total. The van der Waals surface area contributed by atoms with E-state index >= 15 is 0 Å². The van der Waals surface area contributed by atoms with Crippen LogP contribution in [0.5, 0.6) is 0 Å². The maximum absolute atomic E-state index is 12.7. The minimum Gasteiger partial charge on any atom is -0.445 e. The van der Waals surface area contributed by atoms with E-state index < -0.39 is 17.8 Å². The second-order valence-electron chi connectivity index (χ2n) is 7.94. The van der Waals surface area contributed by atoms with Crippen molar-refractivity contribution in [3.8, 4) is 0 Å². The number of likely N-dealkylation sites (tertiary alicyclic amines) is 1. The van der Waals surface area contributed by atoms with E-state index in [0.717, 1.165) is 12.0 Å². The number of hydrogen-bond acceptors (Lipinski definition) is 5. The second kappa shape index (κ2) is 10.6. The highest BCUT2D eigenvalue weighted by atomic mass is 16.6. The Bertz CT molecular complexity index is 728. The number of piperidine rings is 1. The molecule has 1 aliphatic rings. The number of benzene rings is 1. The van der Waals surface area contributed by atoms with Crippen LogP contribution in [0.2, 0.25) is 0 Å². The third kappa shape index (κ3) is 7.54. The second-order valence-corrected chi connectivity index (χ2v) is 7.94. The number of hydrogen-bond donors (Lipinski definition) is 1. The van der Waals surface area contributed by atoms with Crippen LogP contribution in [-0.4, -0.2) is 47.9 Å². The van der Waals surface area contributed by atoms with E-state index in [1.54, 1.807) is 25.7 Å². The summed E-state index contributed by atoms with van der Waals surface area (Å²) >= 11 is 0. The van der Waals surface area contributed by atoms with Gasteiger partial charge in [-0.1, -0.05) is 35.4 Å². The van der Waals surface area contributed by atoms with Crippen LogP contribution in [0.1, 0.15) is 45.6 Å². The number of nitrogens with zero attached hydrogens (tertiary/aromatic N) is 4. The smallest absolute Gasteiger partial charge is 0.410 e. The van der Waals surface area contributed by atoms with Crippen molar-refractivity contribution in [1.29, 1.82) is 0 Å². The predicted octanol–water partition coefficient (Wildman–Crippen LogP) is 4.38. The summed E-state index contributed by atoms with van der Waals surface area (Å²) in [6.45, 7) is 6.28. The quantitative estimate of drug-likeness (QED) is 0.431. The molecule has 2 unspecified atom stereocenters. The van der Waals surface area contributed by atoms with Crippen molar-refractivity contribution in [3.63, 3.8) is 0 Å². The van der Waals surface area contributed by atoms with Gasteiger partial charge in [0.25, 0.3) is 0 Å². The molecule has 1 aromatic carbocycles. The van der Waals surface area contributed by atoms with Crippen LogP contribution in [-0.2, 0) is 16.1 Å². The summed E-state index contributed by atoms with van der Waals surface area (Å²) in [7, 11) is 0. The lowest BCUT2D eigenvalue weighted by Gasteiger charge is -2.41. The van der Waals surface area contributed by atoms with Gasteiger partial charge < -0.3 is 19.7 Å². The zero-order chi connectivity index (χ0) is 21.3. The van der Waals surface area contributed by atoms with E-state index in [4.69, 9.17) is 15.0 Å². The summed E-state index contributed by atoms with van der Waals surface area (Å²) in [4.78, 5) is 29.4. The largest absolute Gasteiger partial charge is 0.445 e. The molecule has 0 aromatic heterocycles. The molecule has 2 amide bonds. The Hall–Kier alpha value is -2.93. The van der Waals surface area contributed by atoms with E-state index in [9.17, 15) is 9.59 Å². The summed E-state index contributed by atoms with van der Waals surface area (Å²) in [6, 6.07) is 8.78. The van der Waals surface area contributed by atoms with E-state index in [1.807, 2.05) is 30.3 Å². The molecule has 0 bridgehead atoms. The van der Waals surface area contributed by atoms with Gasteiger partial charge in [-0.3, -0.25) is 0 Å². The van der Waals surface area contributed by atoms with E-state index in [-0.39, 0.29) is 25.2 Å². The fourth-order valence-electron chi connectivity index (χ4n) is 3.30. The van der Waals surface area contributed by atoms with E-state index in [1.165, 1.54) is 0 Å². The van der Waals surface area contributed by atoms with Crippen LogP contribution in [0.3, 0.4) is 0 Å². The number of rotatable bonds is 6. The van der Waals surface area contributed by atoms with E-state index in [2.05, 4.69) is 15.3 Å². The van der Waals surface area contributed by atoms with Gasteiger partial charge in [0, 0.05) is 18.0 Å². The topological polar surface area (TPSA) is 117 Å². The number of ether oxygens (including phenoxy) is 2.